The predicted molar refractivity (Wildman–Crippen MR) is 110 cm³/mol. The third-order valence-corrected chi connectivity index (χ3v) is 4.54. The average Bonchev–Trinajstić information content (AvgIpc) is 3.00. The molecule has 0 saturated heterocycles. The highest BCUT2D eigenvalue weighted by Gasteiger charge is 2.17. The Morgan fingerprint density at radius 2 is 1.72 bits per heavy atom. The van der Waals surface area contributed by atoms with Gasteiger partial charge in [-0.3, -0.25) is 4.79 Å². The van der Waals surface area contributed by atoms with Crippen molar-refractivity contribution in [1.82, 2.24) is 9.99 Å². The lowest BCUT2D eigenvalue weighted by Crippen LogP contribution is -2.17. The van der Waals surface area contributed by atoms with Crippen molar-refractivity contribution in [2.45, 2.75) is 13.8 Å². The number of ether oxygens (including phenoxy) is 1. The number of aromatic nitrogens is 1. The van der Waals surface area contributed by atoms with Crippen LogP contribution in [0.15, 0.2) is 59.7 Å². The molecule has 0 radical (unpaired) electrons. The summed E-state index contributed by atoms with van der Waals surface area (Å²) < 4.78 is 6.81. The fraction of sp³-hybridized carbons (Fsp3) is 0.136. The number of aryl methyl sites for hydroxylation is 1. The first-order chi connectivity index (χ1) is 13.9. The smallest absolute Gasteiger partial charge is 0.339 e. The number of benzene rings is 2. The van der Waals surface area contributed by atoms with Crippen molar-refractivity contribution in [3.8, 4) is 11.4 Å². The molecule has 0 spiro atoms. The number of phenolic OH excluding ortho intramolecular Hbond substituents is 1. The second kappa shape index (κ2) is 8.43. The van der Waals surface area contributed by atoms with Gasteiger partial charge in [-0.15, -0.1) is 0 Å². The number of carbonyl (C=O) groups is 2. The molecular formula is C22H21N3O4. The minimum atomic E-state index is -0.510. The Labute approximate surface area is 168 Å². The highest BCUT2D eigenvalue weighted by Crippen LogP contribution is 2.23. The van der Waals surface area contributed by atoms with Crippen LogP contribution in [-0.2, 0) is 4.74 Å². The van der Waals surface area contributed by atoms with Gasteiger partial charge in [0.2, 0.25) is 0 Å². The van der Waals surface area contributed by atoms with Crippen molar-refractivity contribution < 1.29 is 19.4 Å². The highest BCUT2D eigenvalue weighted by molar-refractivity contribution is 5.97. The lowest BCUT2D eigenvalue weighted by Gasteiger charge is -2.13. The number of hydrogen-bond acceptors (Lipinski definition) is 5. The fourth-order valence-corrected chi connectivity index (χ4v) is 3.13. The minimum absolute atomic E-state index is 0.113. The van der Waals surface area contributed by atoms with E-state index in [1.54, 1.807) is 24.3 Å². The number of hydrazone groups is 1. The van der Waals surface area contributed by atoms with Crippen molar-refractivity contribution in [1.29, 1.82) is 0 Å². The monoisotopic (exact) mass is 391 g/mol. The number of para-hydroxylation sites is 2. The van der Waals surface area contributed by atoms with Crippen LogP contribution in [0.1, 0.15) is 37.7 Å². The number of carbonyl (C=O) groups excluding carboxylic acids is 2. The first kappa shape index (κ1) is 19.9. The van der Waals surface area contributed by atoms with Gasteiger partial charge in [-0.25, -0.2) is 10.2 Å². The van der Waals surface area contributed by atoms with Gasteiger partial charge < -0.3 is 14.4 Å². The summed E-state index contributed by atoms with van der Waals surface area (Å²) in [6.07, 6.45) is 1.53. The minimum Gasteiger partial charge on any atom is -0.507 e. The molecule has 3 rings (SSSR count). The Morgan fingerprint density at radius 1 is 1.07 bits per heavy atom. The van der Waals surface area contributed by atoms with Gasteiger partial charge in [0.15, 0.2) is 0 Å². The van der Waals surface area contributed by atoms with Gasteiger partial charge in [0, 0.05) is 17.0 Å². The summed E-state index contributed by atoms with van der Waals surface area (Å²) in [6.45, 7) is 3.81. The summed E-state index contributed by atoms with van der Waals surface area (Å²) in [4.78, 5) is 24.3. The van der Waals surface area contributed by atoms with Gasteiger partial charge >= 0.3 is 5.97 Å². The third-order valence-electron chi connectivity index (χ3n) is 4.54. The van der Waals surface area contributed by atoms with Gasteiger partial charge in [-0.1, -0.05) is 24.3 Å². The van der Waals surface area contributed by atoms with Crippen molar-refractivity contribution in [3.05, 3.63) is 82.7 Å². The molecule has 2 N–H and O–H groups in total. The van der Waals surface area contributed by atoms with E-state index in [-0.39, 0.29) is 11.3 Å². The van der Waals surface area contributed by atoms with Crippen molar-refractivity contribution in [3.63, 3.8) is 0 Å². The molecule has 0 saturated carbocycles. The lowest BCUT2D eigenvalue weighted by atomic mass is 10.1. The molecule has 0 aliphatic carbocycles. The van der Waals surface area contributed by atoms with Crippen LogP contribution < -0.4 is 5.43 Å². The molecule has 0 unspecified atom stereocenters. The molecule has 0 bridgehead atoms. The van der Waals surface area contributed by atoms with Crippen LogP contribution in [0.25, 0.3) is 5.69 Å². The molecular weight excluding hydrogens is 370 g/mol. The van der Waals surface area contributed by atoms with E-state index in [1.165, 1.54) is 25.5 Å². The number of esters is 1. The molecule has 3 aromatic rings. The zero-order valence-corrected chi connectivity index (χ0v) is 16.3. The maximum Gasteiger partial charge on any atom is 0.339 e. The van der Waals surface area contributed by atoms with Crippen LogP contribution in [0.4, 0.5) is 0 Å². The van der Waals surface area contributed by atoms with Gasteiger partial charge in [-0.05, 0) is 44.2 Å². The molecule has 7 nitrogen and oxygen atoms in total. The molecule has 1 aromatic heterocycles. The summed E-state index contributed by atoms with van der Waals surface area (Å²) in [7, 11) is 1.35. The molecule has 0 aliphatic rings. The number of amides is 1. The number of phenols is 1. The van der Waals surface area contributed by atoms with E-state index in [0.29, 0.717) is 11.3 Å². The summed E-state index contributed by atoms with van der Waals surface area (Å²) in [5.74, 6) is -1.04. The average molecular weight is 391 g/mol. The number of nitrogens with one attached hydrogen (secondary N) is 1. The number of nitrogens with zero attached hydrogens (tertiary/aromatic N) is 2. The highest BCUT2D eigenvalue weighted by atomic mass is 16.5. The molecule has 1 heterocycles. The van der Waals surface area contributed by atoms with Crippen molar-refractivity contribution in [2.24, 2.45) is 5.10 Å². The van der Waals surface area contributed by atoms with Gasteiger partial charge in [-0.2, -0.15) is 5.10 Å². The molecule has 0 aliphatic heterocycles. The zero-order valence-electron chi connectivity index (χ0n) is 16.3. The lowest BCUT2D eigenvalue weighted by molar-refractivity contribution is 0.0600. The maximum absolute atomic E-state index is 12.1. The topological polar surface area (TPSA) is 92.9 Å². The van der Waals surface area contributed by atoms with E-state index in [2.05, 4.69) is 10.5 Å². The largest absolute Gasteiger partial charge is 0.507 e. The first-order valence-corrected chi connectivity index (χ1v) is 8.92. The molecule has 148 valence electrons. The van der Waals surface area contributed by atoms with Gasteiger partial charge in [0.05, 0.1) is 30.1 Å². The summed E-state index contributed by atoms with van der Waals surface area (Å²) in [5.41, 5.74) is 6.22. The molecule has 29 heavy (non-hydrogen) atoms. The Bertz CT molecular complexity index is 1100. The van der Waals surface area contributed by atoms with Crippen LogP contribution >= 0.6 is 0 Å². The van der Waals surface area contributed by atoms with Crippen LogP contribution in [0.5, 0.6) is 5.75 Å². The van der Waals surface area contributed by atoms with Crippen LogP contribution in [0, 0.1) is 13.8 Å². The second-order valence-electron chi connectivity index (χ2n) is 6.39. The molecule has 7 heteroatoms. The van der Waals surface area contributed by atoms with E-state index in [9.17, 15) is 14.7 Å². The molecule has 1 amide bonds. The summed E-state index contributed by atoms with van der Waals surface area (Å²) >= 11 is 0. The van der Waals surface area contributed by atoms with E-state index in [0.717, 1.165) is 17.0 Å². The molecule has 2 aromatic carbocycles. The number of aromatic hydroxyl groups is 1. The Morgan fingerprint density at radius 3 is 2.41 bits per heavy atom. The van der Waals surface area contributed by atoms with Crippen molar-refractivity contribution in [2.75, 3.05) is 7.11 Å². The summed E-state index contributed by atoms with van der Waals surface area (Å²) in [6, 6.07) is 15.3. The van der Waals surface area contributed by atoms with E-state index in [4.69, 9.17) is 4.74 Å². The zero-order chi connectivity index (χ0) is 21.0. The normalized spacial score (nSPS) is 10.9. The van der Waals surface area contributed by atoms with Crippen LogP contribution in [-0.4, -0.2) is 34.9 Å². The van der Waals surface area contributed by atoms with Crippen molar-refractivity contribution >= 4 is 18.1 Å². The Hall–Kier alpha value is -3.87. The van der Waals surface area contributed by atoms with Gasteiger partial charge in [0.25, 0.3) is 5.91 Å². The third kappa shape index (κ3) is 4.03. The van der Waals surface area contributed by atoms with Crippen LogP contribution in [0.2, 0.25) is 0 Å². The first-order valence-electron chi connectivity index (χ1n) is 8.92. The SMILES string of the molecule is COC(=O)c1ccccc1-n1c(C)cc(/C=N\NC(=O)c2ccccc2O)c1C. The second-order valence-corrected chi connectivity index (χ2v) is 6.39. The number of methoxy groups -OCH3 is 1. The van der Waals surface area contributed by atoms with E-state index >= 15 is 0 Å². The predicted octanol–water partition coefficient (Wildman–Crippen LogP) is 3.35. The van der Waals surface area contributed by atoms with E-state index < -0.39 is 11.9 Å². The molecule has 0 atom stereocenters. The summed E-state index contributed by atoms with van der Waals surface area (Å²) in [5, 5.41) is 13.7. The fourth-order valence-electron chi connectivity index (χ4n) is 3.13. The van der Waals surface area contributed by atoms with Gasteiger partial charge in [0.1, 0.15) is 5.75 Å². The van der Waals surface area contributed by atoms with E-state index in [1.807, 2.05) is 36.6 Å². The Kier molecular flexibility index (Phi) is 5.78. The maximum atomic E-state index is 12.1. The Balaban J connectivity index is 1.88. The number of rotatable bonds is 5. The molecule has 0 fully saturated rings. The van der Waals surface area contributed by atoms with Crippen LogP contribution in [0.3, 0.4) is 0 Å². The number of hydrogen-bond donors (Lipinski definition) is 2. The standard InChI is InChI=1S/C22H21N3O4/c1-14-12-16(13-23-24-21(27)18-9-5-7-11-20(18)26)15(2)25(14)19-10-6-4-8-17(19)22(28)29-3/h4-13,26H,1-3H3,(H,24,27)/b23-13-. The quantitative estimate of drug-likeness (QED) is 0.396.